The highest BCUT2D eigenvalue weighted by atomic mass is 19.4. The minimum Gasteiger partial charge on any atom is -0.426 e. The van der Waals surface area contributed by atoms with Crippen LogP contribution in [0.25, 0.3) is 0 Å². The number of carbonyl (C=O) groups is 1. The quantitative estimate of drug-likeness (QED) is 0.319. The predicted octanol–water partition coefficient (Wildman–Crippen LogP) is 6.01. The van der Waals surface area contributed by atoms with E-state index in [0.717, 1.165) is 24.3 Å². The smallest absolute Gasteiger partial charge is 0.426 e. The summed E-state index contributed by atoms with van der Waals surface area (Å²) in [5.74, 6) is -24.4. The predicted molar refractivity (Wildman–Crippen MR) is 78.4 cm³/mol. The monoisotopic (exact) mass is 440 g/mol. The van der Waals surface area contributed by atoms with E-state index in [2.05, 4.69) is 0 Å². The van der Waals surface area contributed by atoms with E-state index >= 15 is 0 Å². The van der Waals surface area contributed by atoms with Crippen molar-refractivity contribution in [3.8, 4) is 5.75 Å². The van der Waals surface area contributed by atoms with Gasteiger partial charge in [0.2, 0.25) is 0 Å². The Bertz CT molecular complexity index is 719. The van der Waals surface area contributed by atoms with Crippen molar-refractivity contribution in [2.75, 3.05) is 0 Å². The van der Waals surface area contributed by atoms with Gasteiger partial charge in [-0.1, -0.05) is 0 Å². The Morgan fingerprint density at radius 3 is 1.72 bits per heavy atom. The molecule has 0 bridgehead atoms. The second-order valence-electron chi connectivity index (χ2n) is 6.69. The summed E-state index contributed by atoms with van der Waals surface area (Å²) >= 11 is 0. The molecule has 0 saturated heterocycles. The van der Waals surface area contributed by atoms with Crippen LogP contribution in [0.2, 0.25) is 0 Å². The number of ether oxygens (including phenoxy) is 1. The molecule has 29 heavy (non-hydrogen) atoms. The average molecular weight is 440 g/mol. The van der Waals surface area contributed by atoms with E-state index in [9.17, 15) is 48.7 Å². The molecule has 1 aliphatic carbocycles. The zero-order valence-electron chi connectivity index (χ0n) is 14.4. The summed E-state index contributed by atoms with van der Waals surface area (Å²) < 4.78 is 135. The lowest BCUT2D eigenvalue weighted by atomic mass is 9.76. The molecule has 1 aromatic rings. The molecule has 1 fully saturated rings. The second-order valence-corrected chi connectivity index (χ2v) is 6.69. The van der Waals surface area contributed by atoms with Gasteiger partial charge in [-0.2, -0.15) is 39.5 Å². The number of alkyl halides is 9. The average Bonchev–Trinajstić information content (AvgIpc) is 2.62. The van der Waals surface area contributed by atoms with Gasteiger partial charge in [0.1, 0.15) is 11.6 Å². The Hall–Kier alpha value is -2.01. The van der Waals surface area contributed by atoms with Crippen LogP contribution in [0.3, 0.4) is 0 Å². The second kappa shape index (κ2) is 7.67. The molecular weight excluding hydrogens is 426 g/mol. The minimum absolute atomic E-state index is 0.0693. The molecule has 1 aliphatic rings. The Morgan fingerprint density at radius 1 is 0.793 bits per heavy atom. The molecule has 1 aromatic carbocycles. The first-order valence-electron chi connectivity index (χ1n) is 8.28. The van der Waals surface area contributed by atoms with Crippen LogP contribution < -0.4 is 4.74 Å². The summed E-state index contributed by atoms with van der Waals surface area (Å²) in [4.78, 5) is 12.0. The molecule has 0 radical (unpaired) electrons. The third kappa shape index (κ3) is 4.30. The van der Waals surface area contributed by atoms with Crippen molar-refractivity contribution < 1.29 is 53.4 Å². The zero-order chi connectivity index (χ0) is 22.3. The third-order valence-corrected chi connectivity index (χ3v) is 4.77. The topological polar surface area (TPSA) is 26.3 Å². The van der Waals surface area contributed by atoms with Gasteiger partial charge in [0, 0.05) is 5.92 Å². The number of benzene rings is 1. The molecule has 0 unspecified atom stereocenters. The van der Waals surface area contributed by atoms with Gasteiger partial charge in [0.15, 0.2) is 0 Å². The van der Waals surface area contributed by atoms with Crippen LogP contribution in [0, 0.1) is 17.7 Å². The molecule has 164 valence electrons. The van der Waals surface area contributed by atoms with Gasteiger partial charge in [-0.3, -0.25) is 4.79 Å². The van der Waals surface area contributed by atoms with E-state index in [0.29, 0.717) is 0 Å². The summed E-state index contributed by atoms with van der Waals surface area (Å²) in [6.07, 6.45) is -9.60. The molecule has 0 aromatic heterocycles. The molecule has 12 heteroatoms. The van der Waals surface area contributed by atoms with Gasteiger partial charge in [0.25, 0.3) is 0 Å². The lowest BCUT2D eigenvalue weighted by Gasteiger charge is -2.39. The van der Waals surface area contributed by atoms with Crippen LogP contribution in [0.15, 0.2) is 24.3 Å². The van der Waals surface area contributed by atoms with Crippen molar-refractivity contribution in [2.24, 2.45) is 11.8 Å². The molecule has 0 aliphatic heterocycles. The Labute approximate surface area is 157 Å². The summed E-state index contributed by atoms with van der Waals surface area (Å²) in [6, 6.07) is 4.16. The van der Waals surface area contributed by atoms with E-state index in [4.69, 9.17) is 4.74 Å². The zero-order valence-corrected chi connectivity index (χ0v) is 14.4. The summed E-state index contributed by atoms with van der Waals surface area (Å²) in [6.45, 7) is 0. The molecule has 0 N–H and O–H groups in total. The summed E-state index contributed by atoms with van der Waals surface area (Å²) in [5, 5.41) is 0. The summed E-state index contributed by atoms with van der Waals surface area (Å²) in [5.41, 5.74) is 0. The largest absolute Gasteiger partial charge is 0.460 e. The van der Waals surface area contributed by atoms with Crippen molar-refractivity contribution >= 4 is 5.97 Å². The van der Waals surface area contributed by atoms with Crippen LogP contribution in [0.1, 0.15) is 25.7 Å². The maximum atomic E-state index is 13.9. The lowest BCUT2D eigenvalue weighted by molar-refractivity contribution is -0.404. The van der Waals surface area contributed by atoms with Gasteiger partial charge in [0.05, 0.1) is 5.92 Å². The van der Waals surface area contributed by atoms with E-state index in [1.807, 2.05) is 0 Å². The normalized spacial score (nSPS) is 21.7. The van der Waals surface area contributed by atoms with E-state index < -0.39 is 73.2 Å². The number of hydrogen-bond donors (Lipinski definition) is 0. The third-order valence-electron chi connectivity index (χ3n) is 4.77. The van der Waals surface area contributed by atoms with E-state index in [-0.39, 0.29) is 5.75 Å². The Kier molecular flexibility index (Phi) is 6.16. The lowest BCUT2D eigenvalue weighted by Crippen LogP contribution is -2.63. The number of carbonyl (C=O) groups excluding carboxylic acids is 1. The van der Waals surface area contributed by atoms with Gasteiger partial charge >= 0.3 is 29.9 Å². The first-order chi connectivity index (χ1) is 13.1. The van der Waals surface area contributed by atoms with Crippen molar-refractivity contribution in [3.05, 3.63) is 30.1 Å². The highest BCUT2D eigenvalue weighted by Crippen LogP contribution is 2.57. The van der Waals surface area contributed by atoms with Gasteiger partial charge < -0.3 is 4.74 Å². The molecular formula is C17H14F10O2. The number of esters is 1. The highest BCUT2D eigenvalue weighted by molar-refractivity contribution is 5.75. The molecule has 0 atom stereocenters. The van der Waals surface area contributed by atoms with Crippen LogP contribution >= 0.6 is 0 Å². The van der Waals surface area contributed by atoms with Gasteiger partial charge in [-0.05, 0) is 49.9 Å². The molecule has 0 heterocycles. The molecule has 1 saturated carbocycles. The fourth-order valence-electron chi connectivity index (χ4n) is 3.04. The van der Waals surface area contributed by atoms with E-state index in [1.165, 1.54) is 0 Å². The van der Waals surface area contributed by atoms with Crippen LogP contribution in [0.5, 0.6) is 5.75 Å². The van der Waals surface area contributed by atoms with Crippen molar-refractivity contribution in [1.82, 2.24) is 0 Å². The number of rotatable bonds is 5. The maximum absolute atomic E-state index is 13.9. The SMILES string of the molecule is O=C(Oc1ccc(F)cc1)[C@H]1CC[C@H](C(F)(F)C(F)(F)C(F)(F)C(F)(F)F)CC1. The standard InChI is InChI=1S/C17H14F10O2/c18-11-5-7-12(8-6-11)29-13(28)9-1-3-10(4-2-9)14(19,20)15(21,22)16(23,24)17(25,26)27/h5-10H,1-4H2/t9-,10-. The van der Waals surface area contributed by atoms with E-state index in [1.54, 1.807) is 0 Å². The highest BCUT2D eigenvalue weighted by Gasteiger charge is 2.82. The summed E-state index contributed by atoms with van der Waals surface area (Å²) in [7, 11) is 0. The number of hydrogen-bond acceptors (Lipinski definition) is 2. The maximum Gasteiger partial charge on any atom is 0.460 e. The Morgan fingerprint density at radius 2 is 1.28 bits per heavy atom. The molecule has 2 rings (SSSR count). The van der Waals surface area contributed by atoms with Crippen LogP contribution in [0.4, 0.5) is 43.9 Å². The van der Waals surface area contributed by atoms with Crippen molar-refractivity contribution in [3.63, 3.8) is 0 Å². The fraction of sp³-hybridized carbons (Fsp3) is 0.588. The Balaban J connectivity index is 2.05. The molecule has 0 spiro atoms. The van der Waals surface area contributed by atoms with Crippen molar-refractivity contribution in [2.45, 2.75) is 49.6 Å². The first kappa shape index (κ1) is 23.3. The first-order valence-corrected chi connectivity index (χ1v) is 8.28. The molecule has 2 nitrogen and oxygen atoms in total. The van der Waals surface area contributed by atoms with Crippen molar-refractivity contribution in [1.29, 1.82) is 0 Å². The fourth-order valence-corrected chi connectivity index (χ4v) is 3.04. The van der Waals surface area contributed by atoms with Crippen LogP contribution in [-0.2, 0) is 4.79 Å². The van der Waals surface area contributed by atoms with Gasteiger partial charge in [-0.15, -0.1) is 0 Å². The molecule has 0 amide bonds. The minimum atomic E-state index is -6.93. The van der Waals surface area contributed by atoms with Gasteiger partial charge in [-0.25, -0.2) is 4.39 Å². The van der Waals surface area contributed by atoms with Crippen LogP contribution in [-0.4, -0.2) is 29.9 Å². The number of halogens is 10.